The van der Waals surface area contributed by atoms with Crippen molar-refractivity contribution in [1.29, 1.82) is 0 Å². The van der Waals surface area contributed by atoms with Crippen LogP contribution in [0.4, 0.5) is 0 Å². The van der Waals surface area contributed by atoms with Gasteiger partial charge in [0.1, 0.15) is 16.4 Å². The lowest BCUT2D eigenvalue weighted by Crippen LogP contribution is -2.33. The van der Waals surface area contributed by atoms with E-state index in [0.29, 0.717) is 11.4 Å². The van der Waals surface area contributed by atoms with Crippen molar-refractivity contribution in [2.24, 2.45) is 0 Å². The molecule has 122 valence electrons. The van der Waals surface area contributed by atoms with Crippen LogP contribution in [0.5, 0.6) is 0 Å². The van der Waals surface area contributed by atoms with Gasteiger partial charge in [-0.3, -0.25) is 0 Å². The Morgan fingerprint density at radius 1 is 1.29 bits per heavy atom. The lowest BCUT2D eigenvalue weighted by atomic mass is 9.89. The molecule has 0 unspecified atom stereocenters. The summed E-state index contributed by atoms with van der Waals surface area (Å²) in [6, 6.07) is 6.68. The molecule has 1 aromatic carbocycles. The fraction of sp³-hybridized carbons (Fsp3) is 0.250. The molecule has 2 N–H and O–H groups in total. The third-order valence-electron chi connectivity index (χ3n) is 4.18. The van der Waals surface area contributed by atoms with Crippen molar-refractivity contribution >= 4 is 17.3 Å². The van der Waals surface area contributed by atoms with Gasteiger partial charge in [-0.2, -0.15) is 0 Å². The van der Waals surface area contributed by atoms with Gasteiger partial charge in [0.25, 0.3) is 0 Å². The molecule has 1 saturated carbocycles. The summed E-state index contributed by atoms with van der Waals surface area (Å²) in [5, 5.41) is 29.6. The van der Waals surface area contributed by atoms with E-state index in [9.17, 15) is 9.90 Å². The molecule has 2 heterocycles. The van der Waals surface area contributed by atoms with Crippen molar-refractivity contribution in [3.05, 3.63) is 41.4 Å². The average Bonchev–Trinajstić information content (AvgIpc) is 3.22. The molecule has 0 spiro atoms. The topological polar surface area (TPSA) is 101 Å². The SMILES string of the molecule is O=C(O)c1cccc(-c2nc(-c3cn([C@@H]4CC[C@H]4O)nn3)cs2)c1. The molecule has 0 amide bonds. The number of carbonyl (C=O) groups is 1. The summed E-state index contributed by atoms with van der Waals surface area (Å²) in [5.41, 5.74) is 2.32. The van der Waals surface area contributed by atoms with E-state index in [1.54, 1.807) is 29.1 Å². The number of aliphatic hydroxyl groups is 1. The van der Waals surface area contributed by atoms with Crippen LogP contribution in [0.3, 0.4) is 0 Å². The molecular weight excluding hydrogens is 328 g/mol. The van der Waals surface area contributed by atoms with Gasteiger partial charge in [-0.1, -0.05) is 17.3 Å². The molecule has 3 aromatic rings. The number of nitrogens with zero attached hydrogens (tertiary/aromatic N) is 4. The van der Waals surface area contributed by atoms with E-state index >= 15 is 0 Å². The molecular formula is C16H14N4O3S. The van der Waals surface area contributed by atoms with E-state index in [1.807, 2.05) is 11.4 Å². The molecule has 1 fully saturated rings. The number of thiazole rings is 1. The predicted octanol–water partition coefficient (Wildman–Crippen LogP) is 2.46. The zero-order valence-electron chi connectivity index (χ0n) is 12.5. The Balaban J connectivity index is 1.61. The van der Waals surface area contributed by atoms with Crippen LogP contribution >= 0.6 is 11.3 Å². The highest BCUT2D eigenvalue weighted by Gasteiger charge is 2.31. The molecule has 0 bridgehead atoms. The molecule has 2 atom stereocenters. The maximum atomic E-state index is 11.1. The van der Waals surface area contributed by atoms with E-state index in [2.05, 4.69) is 15.3 Å². The highest BCUT2D eigenvalue weighted by molar-refractivity contribution is 7.13. The monoisotopic (exact) mass is 342 g/mol. The number of aliphatic hydroxyl groups excluding tert-OH is 1. The van der Waals surface area contributed by atoms with E-state index in [0.717, 1.165) is 23.4 Å². The first-order valence-electron chi connectivity index (χ1n) is 7.51. The highest BCUT2D eigenvalue weighted by Crippen LogP contribution is 2.33. The van der Waals surface area contributed by atoms with Crippen molar-refractivity contribution in [2.75, 3.05) is 0 Å². The minimum absolute atomic E-state index is 0.00314. The van der Waals surface area contributed by atoms with Gasteiger partial charge in [-0.15, -0.1) is 16.4 Å². The Bertz CT molecular complexity index is 904. The third-order valence-corrected chi connectivity index (χ3v) is 5.07. The van der Waals surface area contributed by atoms with Crippen LogP contribution in [-0.2, 0) is 0 Å². The van der Waals surface area contributed by atoms with Gasteiger partial charge in [0.05, 0.1) is 23.9 Å². The van der Waals surface area contributed by atoms with Crippen LogP contribution in [0.15, 0.2) is 35.8 Å². The fourth-order valence-electron chi connectivity index (χ4n) is 2.64. The second-order valence-corrected chi connectivity index (χ2v) is 6.58. The summed E-state index contributed by atoms with van der Waals surface area (Å²) in [6.07, 6.45) is 3.12. The molecule has 7 nitrogen and oxygen atoms in total. The van der Waals surface area contributed by atoms with E-state index in [4.69, 9.17) is 5.11 Å². The van der Waals surface area contributed by atoms with Crippen LogP contribution in [0.1, 0.15) is 29.2 Å². The molecule has 2 aromatic heterocycles. The van der Waals surface area contributed by atoms with Crippen LogP contribution in [0.2, 0.25) is 0 Å². The minimum atomic E-state index is -0.962. The van der Waals surface area contributed by atoms with Gasteiger partial charge < -0.3 is 10.2 Å². The molecule has 0 radical (unpaired) electrons. The number of carboxylic acids is 1. The number of hydrogen-bond acceptors (Lipinski definition) is 6. The lowest BCUT2D eigenvalue weighted by molar-refractivity contribution is 0.0244. The van der Waals surface area contributed by atoms with Crippen molar-refractivity contribution in [2.45, 2.75) is 25.0 Å². The first kappa shape index (κ1) is 15.0. The minimum Gasteiger partial charge on any atom is -0.478 e. The van der Waals surface area contributed by atoms with Crippen molar-refractivity contribution in [1.82, 2.24) is 20.0 Å². The van der Waals surface area contributed by atoms with E-state index in [-0.39, 0.29) is 17.7 Å². The van der Waals surface area contributed by atoms with E-state index < -0.39 is 5.97 Å². The Morgan fingerprint density at radius 3 is 2.88 bits per heavy atom. The van der Waals surface area contributed by atoms with Gasteiger partial charge in [-0.05, 0) is 25.0 Å². The normalized spacial score (nSPS) is 19.9. The number of hydrogen-bond donors (Lipinski definition) is 2. The Morgan fingerprint density at radius 2 is 2.17 bits per heavy atom. The van der Waals surface area contributed by atoms with Gasteiger partial charge >= 0.3 is 5.97 Å². The quantitative estimate of drug-likeness (QED) is 0.755. The summed E-state index contributed by atoms with van der Waals surface area (Å²) in [4.78, 5) is 15.6. The van der Waals surface area contributed by atoms with Gasteiger partial charge in [0.15, 0.2) is 0 Å². The van der Waals surface area contributed by atoms with Gasteiger partial charge in [-0.25, -0.2) is 14.5 Å². The van der Waals surface area contributed by atoms with Crippen molar-refractivity contribution < 1.29 is 15.0 Å². The van der Waals surface area contributed by atoms with Crippen LogP contribution in [-0.4, -0.2) is 42.3 Å². The van der Waals surface area contributed by atoms with E-state index in [1.165, 1.54) is 11.3 Å². The largest absolute Gasteiger partial charge is 0.478 e. The molecule has 0 saturated heterocycles. The van der Waals surface area contributed by atoms with Gasteiger partial charge in [0, 0.05) is 10.9 Å². The molecule has 0 aliphatic heterocycles. The molecule has 8 heteroatoms. The summed E-state index contributed by atoms with van der Waals surface area (Å²) in [6.45, 7) is 0. The first-order chi connectivity index (χ1) is 11.6. The summed E-state index contributed by atoms with van der Waals surface area (Å²) < 4.78 is 1.69. The zero-order valence-corrected chi connectivity index (χ0v) is 13.3. The Hall–Kier alpha value is -2.58. The zero-order chi connectivity index (χ0) is 16.7. The molecule has 1 aliphatic carbocycles. The maximum absolute atomic E-state index is 11.1. The van der Waals surface area contributed by atoms with Crippen LogP contribution in [0, 0.1) is 0 Å². The Labute approximate surface area is 141 Å². The predicted molar refractivity (Wildman–Crippen MR) is 87.8 cm³/mol. The first-order valence-corrected chi connectivity index (χ1v) is 8.39. The molecule has 1 aliphatic rings. The molecule has 24 heavy (non-hydrogen) atoms. The number of carboxylic acid groups (broad SMARTS) is 1. The fourth-order valence-corrected chi connectivity index (χ4v) is 3.45. The second-order valence-electron chi connectivity index (χ2n) is 5.72. The lowest BCUT2D eigenvalue weighted by Gasteiger charge is -2.31. The molecule has 4 rings (SSSR count). The van der Waals surface area contributed by atoms with Crippen molar-refractivity contribution in [3.63, 3.8) is 0 Å². The number of aromatic carboxylic acids is 1. The van der Waals surface area contributed by atoms with Gasteiger partial charge in [0.2, 0.25) is 0 Å². The van der Waals surface area contributed by atoms with Crippen molar-refractivity contribution in [3.8, 4) is 22.0 Å². The summed E-state index contributed by atoms with van der Waals surface area (Å²) in [5.74, 6) is -0.962. The average molecular weight is 342 g/mol. The summed E-state index contributed by atoms with van der Waals surface area (Å²) in [7, 11) is 0. The number of rotatable bonds is 4. The highest BCUT2D eigenvalue weighted by atomic mass is 32.1. The Kier molecular flexibility index (Phi) is 3.62. The smallest absolute Gasteiger partial charge is 0.335 e. The second kappa shape index (κ2) is 5.81. The standard InChI is InChI=1S/C16H14N4O3S/c21-14-5-4-13(14)20-7-11(18-19-20)12-8-24-15(17-12)9-2-1-3-10(6-9)16(22)23/h1-3,6-8,13-14,21H,4-5H2,(H,22,23)/t13-,14-/m1/s1. The van der Waals surface area contributed by atoms with Crippen LogP contribution in [0.25, 0.3) is 22.0 Å². The third kappa shape index (κ3) is 2.59. The number of aromatic nitrogens is 4. The summed E-state index contributed by atoms with van der Waals surface area (Å²) >= 11 is 1.43. The van der Waals surface area contributed by atoms with Crippen LogP contribution < -0.4 is 0 Å². The maximum Gasteiger partial charge on any atom is 0.335 e. The number of benzene rings is 1.